The maximum atomic E-state index is 5.75. The lowest BCUT2D eigenvalue weighted by Crippen LogP contribution is -2.35. The van der Waals surface area contributed by atoms with Gasteiger partial charge in [-0.15, -0.1) is 34.0 Å². The van der Waals surface area contributed by atoms with Gasteiger partial charge >= 0.3 is 0 Å². The molecule has 3 aliphatic rings. The first-order valence-electron chi connectivity index (χ1n) is 21.1. The number of thiophene rings is 3. The summed E-state index contributed by atoms with van der Waals surface area (Å²) >= 11 is 5.54. The molecule has 0 fully saturated rings. The number of fused-ring (bicyclic) bond motifs is 13. The molecule has 3 atom stereocenters. The third-order valence-corrected chi connectivity index (χ3v) is 16.4. The Morgan fingerprint density at radius 1 is 0.468 bits per heavy atom. The predicted molar refractivity (Wildman–Crippen MR) is 268 cm³/mol. The maximum Gasteiger partial charge on any atom is 0.161 e. The van der Waals surface area contributed by atoms with Crippen LogP contribution in [0.25, 0.3) is 71.3 Å². The lowest BCUT2D eigenvalue weighted by atomic mass is 9.90. The Kier molecular flexibility index (Phi) is 7.46. The van der Waals surface area contributed by atoms with Crippen molar-refractivity contribution in [2.45, 2.75) is 18.1 Å². The van der Waals surface area contributed by atoms with Crippen molar-refractivity contribution in [3.8, 4) is 0 Å². The normalized spacial score (nSPS) is 18.3. The number of benzene rings is 8. The van der Waals surface area contributed by atoms with E-state index in [2.05, 4.69) is 192 Å². The molecule has 2 aliphatic heterocycles. The highest BCUT2D eigenvalue weighted by atomic mass is 32.1. The van der Waals surface area contributed by atoms with Gasteiger partial charge in [-0.25, -0.2) is 9.98 Å². The number of hydrogen-bond donors (Lipinski definition) is 1. The largest absolute Gasteiger partial charge is 0.344 e. The molecule has 8 aromatic carbocycles. The van der Waals surface area contributed by atoms with Crippen LogP contribution >= 0.6 is 34.0 Å². The van der Waals surface area contributed by atoms with Gasteiger partial charge in [0.05, 0.1) is 11.7 Å². The number of hydrogen-bond acceptors (Lipinski definition) is 7. The molecule has 0 radical (unpaired) electrons. The Labute approximate surface area is 368 Å². The highest BCUT2D eigenvalue weighted by Gasteiger charge is 2.40. The summed E-state index contributed by atoms with van der Waals surface area (Å²) in [5.41, 5.74) is 6.95. The molecule has 0 bridgehead atoms. The molecule has 7 heteroatoms. The third kappa shape index (κ3) is 5.10. The fourth-order valence-corrected chi connectivity index (χ4v) is 13.7. The van der Waals surface area contributed by atoms with Crippen LogP contribution in [-0.4, -0.2) is 17.7 Å². The van der Waals surface area contributed by atoms with Crippen molar-refractivity contribution < 1.29 is 0 Å². The summed E-state index contributed by atoms with van der Waals surface area (Å²) in [6.45, 7) is 0. The number of nitrogens with zero attached hydrogens (tertiary/aromatic N) is 3. The highest BCUT2D eigenvalue weighted by molar-refractivity contribution is 7.26. The summed E-state index contributed by atoms with van der Waals surface area (Å²) < 4.78 is 7.58. The highest BCUT2D eigenvalue weighted by Crippen LogP contribution is 2.52. The first-order chi connectivity index (χ1) is 30.7. The minimum atomic E-state index is -0.401. The number of amidine groups is 2. The van der Waals surface area contributed by atoms with E-state index in [-0.39, 0.29) is 12.0 Å². The van der Waals surface area contributed by atoms with Crippen LogP contribution in [0.3, 0.4) is 0 Å². The molecule has 0 saturated carbocycles. The smallest absolute Gasteiger partial charge is 0.161 e. The number of allylic oxidation sites excluding steroid dienone is 2. The molecule has 0 saturated heterocycles. The SMILES string of the molecule is C1=CC2c3cc4ccccc4cc3N(c3cc4sc5ccccc5c4cc3C3=NC(c4cccc5sc6ccccc6c45)NC(c4cccc5sc6ccccc6c45)=N3)C2C=C1. The Hall–Kier alpha value is -6.90. The van der Waals surface area contributed by atoms with Gasteiger partial charge in [-0.05, 0) is 70.9 Å². The fourth-order valence-electron chi connectivity index (χ4n) is 10.3. The molecule has 1 aliphatic carbocycles. The van der Waals surface area contributed by atoms with E-state index in [1.807, 2.05) is 34.0 Å². The first-order valence-corrected chi connectivity index (χ1v) is 23.5. The van der Waals surface area contributed by atoms with E-state index in [0.29, 0.717) is 0 Å². The summed E-state index contributed by atoms with van der Waals surface area (Å²) in [6, 6.07) is 58.1. The van der Waals surface area contributed by atoms with Crippen molar-refractivity contribution in [2.75, 3.05) is 4.90 Å². The number of nitrogens with one attached hydrogen (secondary N) is 1. The van der Waals surface area contributed by atoms with Gasteiger partial charge in [0.25, 0.3) is 0 Å². The van der Waals surface area contributed by atoms with Crippen molar-refractivity contribution in [3.05, 3.63) is 204 Å². The van der Waals surface area contributed by atoms with Crippen molar-refractivity contribution in [2.24, 2.45) is 9.98 Å². The number of rotatable bonds is 4. The van der Waals surface area contributed by atoms with Crippen LogP contribution in [0.4, 0.5) is 11.4 Å². The van der Waals surface area contributed by atoms with Crippen LogP contribution in [0.5, 0.6) is 0 Å². The van der Waals surface area contributed by atoms with E-state index >= 15 is 0 Å². The Bertz CT molecular complexity index is 3840. The lowest BCUT2D eigenvalue weighted by molar-refractivity contribution is 0.680. The summed E-state index contributed by atoms with van der Waals surface area (Å²) in [7, 11) is 0. The van der Waals surface area contributed by atoms with E-state index in [9.17, 15) is 0 Å². The quantitative estimate of drug-likeness (QED) is 0.192. The molecule has 5 heterocycles. The minimum absolute atomic E-state index is 0.0933. The average molecular weight is 847 g/mol. The van der Waals surface area contributed by atoms with Crippen LogP contribution in [0.2, 0.25) is 0 Å². The van der Waals surface area contributed by atoms with Gasteiger partial charge in [0.15, 0.2) is 5.84 Å². The van der Waals surface area contributed by atoms with E-state index < -0.39 is 6.17 Å². The summed E-state index contributed by atoms with van der Waals surface area (Å²) in [6.07, 6.45) is 8.77. The van der Waals surface area contributed by atoms with Gasteiger partial charge in [0.2, 0.25) is 0 Å². The average Bonchev–Trinajstić information content (AvgIpc) is 4.09. The molecule has 62 heavy (non-hydrogen) atoms. The molecular weight excluding hydrogens is 813 g/mol. The lowest BCUT2D eigenvalue weighted by Gasteiger charge is -2.31. The summed E-state index contributed by atoms with van der Waals surface area (Å²) in [5, 5.41) is 13.9. The Balaban J connectivity index is 1.07. The van der Waals surface area contributed by atoms with Gasteiger partial charge in [-0.1, -0.05) is 127 Å². The summed E-state index contributed by atoms with van der Waals surface area (Å²) in [4.78, 5) is 14.0. The van der Waals surface area contributed by atoms with E-state index in [4.69, 9.17) is 9.98 Å². The molecule has 0 spiro atoms. The van der Waals surface area contributed by atoms with Crippen LogP contribution in [0, 0.1) is 0 Å². The Morgan fingerprint density at radius 2 is 1.10 bits per heavy atom. The fraction of sp³-hybridized carbons (Fsp3) is 0.0545. The first kappa shape index (κ1) is 34.8. The molecule has 0 amide bonds. The number of anilines is 2. The molecule has 11 aromatic rings. The predicted octanol–water partition coefficient (Wildman–Crippen LogP) is 15.2. The van der Waals surface area contributed by atoms with Gasteiger partial charge in [0.1, 0.15) is 12.0 Å². The van der Waals surface area contributed by atoms with Gasteiger partial charge in [-0.2, -0.15) is 0 Å². The minimum Gasteiger partial charge on any atom is -0.344 e. The zero-order valence-corrected chi connectivity index (χ0v) is 35.6. The van der Waals surface area contributed by atoms with Crippen LogP contribution < -0.4 is 10.2 Å². The van der Waals surface area contributed by atoms with Gasteiger partial charge < -0.3 is 10.2 Å². The second kappa shape index (κ2) is 13.3. The monoisotopic (exact) mass is 846 g/mol. The topological polar surface area (TPSA) is 40.0 Å². The maximum absolute atomic E-state index is 5.75. The van der Waals surface area contributed by atoms with Crippen molar-refractivity contribution >= 4 is 128 Å². The molecule has 292 valence electrons. The molecule has 4 nitrogen and oxygen atoms in total. The molecule has 3 unspecified atom stereocenters. The second-order valence-corrected chi connectivity index (χ2v) is 19.7. The van der Waals surface area contributed by atoms with E-state index in [1.165, 1.54) is 82.5 Å². The Morgan fingerprint density at radius 3 is 1.90 bits per heavy atom. The van der Waals surface area contributed by atoms with Crippen molar-refractivity contribution in [1.82, 2.24) is 5.32 Å². The third-order valence-electron chi connectivity index (χ3n) is 13.0. The van der Waals surface area contributed by atoms with Crippen LogP contribution in [0.1, 0.15) is 34.3 Å². The molecular formula is C55H34N4S3. The number of aliphatic imine (C=N–C) groups is 2. The van der Waals surface area contributed by atoms with E-state index in [0.717, 1.165) is 34.0 Å². The zero-order valence-electron chi connectivity index (χ0n) is 33.1. The van der Waals surface area contributed by atoms with E-state index in [1.54, 1.807) is 0 Å². The van der Waals surface area contributed by atoms with Crippen molar-refractivity contribution in [1.29, 1.82) is 0 Å². The van der Waals surface area contributed by atoms with Crippen LogP contribution in [-0.2, 0) is 0 Å². The summed E-state index contributed by atoms with van der Waals surface area (Å²) in [5.74, 6) is 1.77. The second-order valence-electron chi connectivity index (χ2n) is 16.4. The van der Waals surface area contributed by atoms with Gasteiger partial charge in [0, 0.05) is 88.8 Å². The van der Waals surface area contributed by atoms with Gasteiger partial charge in [-0.3, -0.25) is 0 Å². The van der Waals surface area contributed by atoms with Crippen LogP contribution in [0.15, 0.2) is 192 Å². The molecule has 14 rings (SSSR count). The zero-order chi connectivity index (χ0) is 40.5. The standard InChI is InChI=1S/C55H34N4S3/c1-2-14-32-28-43-39(27-31(32)13-1)33-15-3-7-21-42(33)59(43)44-30-50-40(34-16-4-8-22-45(34)62-50)29-41(44)55-57-53(37-19-11-25-48-51(37)35-17-5-9-23-46(35)60-48)56-54(58-55)38-20-12-26-49-52(38)36-18-6-10-24-47(36)61-49/h1-30,33,42,53H,(H,56,57,58). The molecule has 1 N–H and O–H groups in total. The van der Waals surface area contributed by atoms with Crippen molar-refractivity contribution in [3.63, 3.8) is 0 Å². The molecule has 3 aromatic heterocycles.